The Morgan fingerprint density at radius 1 is 0.929 bits per heavy atom. The normalized spacial score (nSPS) is 10.5. The van der Waals surface area contributed by atoms with Gasteiger partial charge in [-0.3, -0.25) is 9.59 Å². The lowest BCUT2D eigenvalue weighted by molar-refractivity contribution is 0.0927. The van der Waals surface area contributed by atoms with Crippen LogP contribution in [0.15, 0.2) is 60.8 Å². The average molecular weight is 376 g/mol. The smallest absolute Gasteiger partial charge is 0.254 e. The summed E-state index contributed by atoms with van der Waals surface area (Å²) in [6.45, 7) is 4.73. The maximum atomic E-state index is 12.6. The SMILES string of the molecule is CCc1c(C(=O)NCCNC(=O)c2ccccc2)cnn1-c1ccc(C)cc1. The Hall–Kier alpha value is -3.41. The van der Waals surface area contributed by atoms with Crippen molar-refractivity contribution < 1.29 is 9.59 Å². The summed E-state index contributed by atoms with van der Waals surface area (Å²) in [6, 6.07) is 17.0. The van der Waals surface area contributed by atoms with Crippen molar-refractivity contribution in [3.63, 3.8) is 0 Å². The van der Waals surface area contributed by atoms with Crippen LogP contribution in [0.5, 0.6) is 0 Å². The van der Waals surface area contributed by atoms with Crippen molar-refractivity contribution >= 4 is 11.8 Å². The molecule has 0 atom stereocenters. The Kier molecular flexibility index (Phi) is 6.22. The minimum atomic E-state index is -0.191. The van der Waals surface area contributed by atoms with Crippen LogP contribution in [0.4, 0.5) is 0 Å². The molecule has 2 N–H and O–H groups in total. The van der Waals surface area contributed by atoms with Crippen LogP contribution in [0.3, 0.4) is 0 Å². The number of aryl methyl sites for hydroxylation is 1. The van der Waals surface area contributed by atoms with Gasteiger partial charge in [-0.1, -0.05) is 42.8 Å². The topological polar surface area (TPSA) is 76.0 Å². The maximum Gasteiger partial charge on any atom is 0.254 e. The van der Waals surface area contributed by atoms with Crippen LogP contribution in [-0.2, 0) is 6.42 Å². The Balaban J connectivity index is 1.59. The number of nitrogens with one attached hydrogen (secondary N) is 2. The van der Waals surface area contributed by atoms with Gasteiger partial charge < -0.3 is 10.6 Å². The highest BCUT2D eigenvalue weighted by Gasteiger charge is 2.17. The van der Waals surface area contributed by atoms with Crippen LogP contribution in [0, 0.1) is 6.92 Å². The van der Waals surface area contributed by atoms with Gasteiger partial charge in [0, 0.05) is 18.7 Å². The fraction of sp³-hybridized carbons (Fsp3) is 0.227. The lowest BCUT2D eigenvalue weighted by Gasteiger charge is -2.09. The summed E-state index contributed by atoms with van der Waals surface area (Å²) in [6.07, 6.45) is 2.28. The number of benzene rings is 2. The van der Waals surface area contributed by atoms with E-state index in [2.05, 4.69) is 15.7 Å². The minimum Gasteiger partial charge on any atom is -0.350 e. The molecule has 0 aliphatic rings. The lowest BCUT2D eigenvalue weighted by atomic mass is 10.1. The van der Waals surface area contributed by atoms with Crippen LogP contribution in [0.2, 0.25) is 0 Å². The van der Waals surface area contributed by atoms with Gasteiger partial charge in [-0.2, -0.15) is 5.10 Å². The Bertz CT molecular complexity index is 946. The van der Waals surface area contributed by atoms with Crippen LogP contribution < -0.4 is 10.6 Å². The summed E-state index contributed by atoms with van der Waals surface area (Å²) in [5.74, 6) is -0.347. The van der Waals surface area contributed by atoms with Crippen molar-refractivity contribution in [3.05, 3.63) is 83.2 Å². The number of hydrogen-bond donors (Lipinski definition) is 2. The van der Waals surface area contributed by atoms with Crippen molar-refractivity contribution in [1.29, 1.82) is 0 Å². The molecule has 28 heavy (non-hydrogen) atoms. The minimum absolute atomic E-state index is 0.156. The molecule has 0 aliphatic carbocycles. The molecule has 3 aromatic rings. The first-order valence-electron chi connectivity index (χ1n) is 9.35. The largest absolute Gasteiger partial charge is 0.350 e. The summed E-state index contributed by atoms with van der Waals surface area (Å²) in [5, 5.41) is 10.0. The third-order valence-electron chi connectivity index (χ3n) is 4.46. The van der Waals surface area contributed by atoms with Crippen molar-refractivity contribution in [3.8, 4) is 5.69 Å². The standard InChI is InChI=1S/C22H24N4O2/c1-3-20-19(15-25-26(20)18-11-9-16(2)10-12-18)22(28)24-14-13-23-21(27)17-7-5-4-6-8-17/h4-12,15H,3,13-14H2,1-2H3,(H,23,27)(H,24,28). The molecule has 1 aromatic heterocycles. The highest BCUT2D eigenvalue weighted by molar-refractivity contribution is 5.95. The zero-order valence-corrected chi connectivity index (χ0v) is 16.1. The van der Waals surface area contributed by atoms with Crippen molar-refractivity contribution in [2.45, 2.75) is 20.3 Å². The van der Waals surface area contributed by atoms with Crippen LogP contribution in [0.1, 0.15) is 38.9 Å². The van der Waals surface area contributed by atoms with Gasteiger partial charge in [-0.15, -0.1) is 0 Å². The molecule has 0 saturated heterocycles. The van der Waals surface area contributed by atoms with Gasteiger partial charge in [0.2, 0.25) is 0 Å². The van der Waals surface area contributed by atoms with Crippen molar-refractivity contribution in [2.24, 2.45) is 0 Å². The summed E-state index contributed by atoms with van der Waals surface area (Å²) < 4.78 is 1.80. The predicted octanol–water partition coefficient (Wildman–Crippen LogP) is 2.90. The Morgan fingerprint density at radius 3 is 2.21 bits per heavy atom. The number of aromatic nitrogens is 2. The molecule has 0 fully saturated rings. The Morgan fingerprint density at radius 2 is 1.57 bits per heavy atom. The molecular weight excluding hydrogens is 352 g/mol. The summed E-state index contributed by atoms with van der Waals surface area (Å²) in [5.41, 5.74) is 4.11. The second-order valence-corrected chi connectivity index (χ2v) is 6.48. The molecule has 0 saturated carbocycles. The highest BCUT2D eigenvalue weighted by atomic mass is 16.2. The zero-order valence-electron chi connectivity index (χ0n) is 16.1. The van der Waals surface area contributed by atoms with Crippen LogP contribution >= 0.6 is 0 Å². The van der Waals surface area contributed by atoms with Gasteiger partial charge in [-0.25, -0.2) is 4.68 Å². The molecule has 2 amide bonds. The van der Waals surface area contributed by atoms with Gasteiger partial charge in [0.15, 0.2) is 0 Å². The number of amides is 2. The second-order valence-electron chi connectivity index (χ2n) is 6.48. The molecule has 6 heteroatoms. The molecule has 0 bridgehead atoms. The number of hydrogen-bond acceptors (Lipinski definition) is 3. The third kappa shape index (κ3) is 4.46. The summed E-state index contributed by atoms with van der Waals surface area (Å²) in [7, 11) is 0. The van der Waals surface area contributed by atoms with Crippen LogP contribution in [0.25, 0.3) is 5.69 Å². The van der Waals surface area contributed by atoms with E-state index in [9.17, 15) is 9.59 Å². The Labute approximate surface area is 164 Å². The molecule has 0 radical (unpaired) electrons. The molecular formula is C22H24N4O2. The highest BCUT2D eigenvalue weighted by Crippen LogP contribution is 2.16. The van der Waals surface area contributed by atoms with E-state index in [4.69, 9.17) is 0 Å². The van der Waals surface area contributed by atoms with E-state index in [1.807, 2.05) is 56.3 Å². The summed E-state index contributed by atoms with van der Waals surface area (Å²) >= 11 is 0. The summed E-state index contributed by atoms with van der Waals surface area (Å²) in [4.78, 5) is 24.6. The van der Waals surface area contributed by atoms with Gasteiger partial charge in [0.1, 0.15) is 0 Å². The second kappa shape index (κ2) is 8.99. The van der Waals surface area contributed by atoms with Gasteiger partial charge in [-0.05, 0) is 37.6 Å². The first-order chi connectivity index (χ1) is 13.6. The number of carbonyl (C=O) groups excluding carboxylic acids is 2. The van der Waals surface area contributed by atoms with E-state index in [1.54, 1.807) is 23.0 Å². The van der Waals surface area contributed by atoms with Crippen molar-refractivity contribution in [1.82, 2.24) is 20.4 Å². The van der Waals surface area contributed by atoms with Crippen molar-refractivity contribution in [2.75, 3.05) is 13.1 Å². The predicted molar refractivity (Wildman–Crippen MR) is 109 cm³/mol. The first kappa shape index (κ1) is 19.4. The molecule has 2 aromatic carbocycles. The van der Waals surface area contributed by atoms with E-state index in [0.29, 0.717) is 30.6 Å². The van der Waals surface area contributed by atoms with E-state index in [1.165, 1.54) is 5.56 Å². The fourth-order valence-corrected chi connectivity index (χ4v) is 2.95. The molecule has 0 unspecified atom stereocenters. The number of carbonyl (C=O) groups is 2. The molecule has 144 valence electrons. The van der Waals surface area contributed by atoms with Crippen LogP contribution in [-0.4, -0.2) is 34.7 Å². The van der Waals surface area contributed by atoms with Gasteiger partial charge in [0.05, 0.1) is 23.1 Å². The van der Waals surface area contributed by atoms with E-state index in [0.717, 1.165) is 11.4 Å². The lowest BCUT2D eigenvalue weighted by Crippen LogP contribution is -2.34. The first-order valence-corrected chi connectivity index (χ1v) is 9.35. The van der Waals surface area contributed by atoms with E-state index < -0.39 is 0 Å². The van der Waals surface area contributed by atoms with E-state index in [-0.39, 0.29) is 11.8 Å². The average Bonchev–Trinajstić information content (AvgIpc) is 3.16. The maximum absolute atomic E-state index is 12.6. The molecule has 3 rings (SSSR count). The third-order valence-corrected chi connectivity index (χ3v) is 4.46. The monoisotopic (exact) mass is 376 g/mol. The quantitative estimate of drug-likeness (QED) is 0.623. The number of nitrogens with zero attached hydrogens (tertiary/aromatic N) is 2. The van der Waals surface area contributed by atoms with Gasteiger partial charge in [0.25, 0.3) is 11.8 Å². The van der Waals surface area contributed by atoms with E-state index >= 15 is 0 Å². The molecule has 6 nitrogen and oxygen atoms in total. The molecule has 0 aliphatic heterocycles. The molecule has 0 spiro atoms. The van der Waals surface area contributed by atoms with Gasteiger partial charge >= 0.3 is 0 Å². The molecule has 1 heterocycles. The zero-order chi connectivity index (χ0) is 19.9. The number of rotatable bonds is 7. The fourth-order valence-electron chi connectivity index (χ4n) is 2.95.